The summed E-state index contributed by atoms with van der Waals surface area (Å²) in [5.41, 5.74) is -0.215. The van der Waals surface area contributed by atoms with Gasteiger partial charge >= 0.3 is 0 Å². The van der Waals surface area contributed by atoms with Crippen LogP contribution < -0.4 is 5.56 Å². The van der Waals surface area contributed by atoms with Crippen molar-refractivity contribution < 1.29 is 8.94 Å². The summed E-state index contributed by atoms with van der Waals surface area (Å²) in [4.78, 5) is 19.8. The molecule has 0 saturated heterocycles. The highest BCUT2D eigenvalue weighted by Crippen LogP contribution is 2.15. The van der Waals surface area contributed by atoms with Crippen LogP contribution in [-0.2, 0) is 6.54 Å². The smallest absolute Gasteiger partial charge is 0.268 e. The largest absolute Gasteiger partial charge is 0.461 e. The maximum Gasteiger partial charge on any atom is 0.268 e. The third-order valence-corrected chi connectivity index (χ3v) is 2.92. The fraction of sp³-hybridized carbons (Fsp3) is 0.0909. The lowest BCUT2D eigenvalue weighted by Crippen LogP contribution is -2.21. The van der Waals surface area contributed by atoms with Crippen LogP contribution in [0.15, 0.2) is 49.1 Å². The summed E-state index contributed by atoms with van der Waals surface area (Å²) >= 11 is 3.12. The SMILES string of the molecule is O=c1c(Br)cncn1Cc1nc(-c2ccco2)no1. The molecular formula is C11H7BrN4O3. The van der Waals surface area contributed by atoms with Crippen LogP contribution in [0, 0.1) is 0 Å². The first-order valence-corrected chi connectivity index (χ1v) is 6.10. The highest BCUT2D eigenvalue weighted by molar-refractivity contribution is 9.10. The summed E-state index contributed by atoms with van der Waals surface area (Å²) in [5, 5.41) is 3.78. The van der Waals surface area contributed by atoms with Crippen molar-refractivity contribution in [1.82, 2.24) is 19.7 Å². The Hall–Kier alpha value is -2.22. The van der Waals surface area contributed by atoms with Crippen molar-refractivity contribution in [3.63, 3.8) is 0 Å². The molecule has 3 aromatic heterocycles. The van der Waals surface area contributed by atoms with E-state index < -0.39 is 0 Å². The molecule has 0 atom stereocenters. The summed E-state index contributed by atoms with van der Waals surface area (Å²) < 4.78 is 12.0. The first-order valence-electron chi connectivity index (χ1n) is 5.30. The van der Waals surface area contributed by atoms with Gasteiger partial charge in [0, 0.05) is 6.20 Å². The van der Waals surface area contributed by atoms with E-state index in [9.17, 15) is 4.79 Å². The number of nitrogens with zero attached hydrogens (tertiary/aromatic N) is 4. The molecule has 0 fully saturated rings. The number of halogens is 1. The molecule has 0 unspecified atom stereocenters. The topological polar surface area (TPSA) is 87.0 Å². The van der Waals surface area contributed by atoms with E-state index in [1.165, 1.54) is 23.4 Å². The van der Waals surface area contributed by atoms with Crippen LogP contribution in [0.25, 0.3) is 11.6 Å². The minimum Gasteiger partial charge on any atom is -0.461 e. The molecule has 7 nitrogen and oxygen atoms in total. The molecule has 8 heteroatoms. The van der Waals surface area contributed by atoms with Crippen LogP contribution in [0.5, 0.6) is 0 Å². The first kappa shape index (κ1) is 11.8. The lowest BCUT2D eigenvalue weighted by Gasteiger charge is -2.00. The molecule has 0 aliphatic heterocycles. The van der Waals surface area contributed by atoms with Crippen molar-refractivity contribution in [2.75, 3.05) is 0 Å². The third kappa shape index (κ3) is 2.34. The molecule has 0 aromatic carbocycles. The van der Waals surface area contributed by atoms with Crippen LogP contribution in [0.2, 0.25) is 0 Å². The van der Waals surface area contributed by atoms with E-state index in [-0.39, 0.29) is 12.1 Å². The molecule has 3 rings (SSSR count). The zero-order valence-corrected chi connectivity index (χ0v) is 11.1. The molecule has 0 N–H and O–H groups in total. The number of rotatable bonds is 3. The normalized spacial score (nSPS) is 10.8. The fourth-order valence-corrected chi connectivity index (χ4v) is 1.85. The summed E-state index contributed by atoms with van der Waals surface area (Å²) in [6, 6.07) is 3.45. The minimum atomic E-state index is -0.215. The second kappa shape index (κ2) is 4.81. The highest BCUT2D eigenvalue weighted by Gasteiger charge is 2.12. The molecule has 0 aliphatic carbocycles. The van der Waals surface area contributed by atoms with Gasteiger partial charge in [-0.15, -0.1) is 0 Å². The Morgan fingerprint density at radius 1 is 1.42 bits per heavy atom. The second-order valence-corrected chi connectivity index (χ2v) is 4.52. The van der Waals surface area contributed by atoms with Crippen LogP contribution in [-0.4, -0.2) is 19.7 Å². The van der Waals surface area contributed by atoms with Crippen molar-refractivity contribution >= 4 is 15.9 Å². The molecule has 0 aliphatic rings. The molecule has 96 valence electrons. The zero-order valence-electron chi connectivity index (χ0n) is 9.49. The molecule has 0 amide bonds. The van der Waals surface area contributed by atoms with Crippen molar-refractivity contribution in [3.8, 4) is 11.6 Å². The quantitative estimate of drug-likeness (QED) is 0.729. The average molecular weight is 323 g/mol. The molecule has 3 aromatic rings. The third-order valence-electron chi connectivity index (χ3n) is 2.37. The van der Waals surface area contributed by atoms with E-state index in [0.717, 1.165) is 0 Å². The molecule has 19 heavy (non-hydrogen) atoms. The van der Waals surface area contributed by atoms with Crippen LogP contribution in [0.3, 0.4) is 0 Å². The molecule has 3 heterocycles. The van der Waals surface area contributed by atoms with Crippen molar-refractivity contribution in [2.24, 2.45) is 0 Å². The Bertz CT molecular complexity index is 747. The first-order chi connectivity index (χ1) is 9.24. The maximum atomic E-state index is 11.8. The predicted molar refractivity (Wildman–Crippen MR) is 67.3 cm³/mol. The van der Waals surface area contributed by atoms with Gasteiger partial charge in [0.25, 0.3) is 5.56 Å². The van der Waals surface area contributed by atoms with E-state index in [1.54, 1.807) is 12.1 Å². The Morgan fingerprint density at radius 3 is 3.11 bits per heavy atom. The fourth-order valence-electron chi connectivity index (χ4n) is 1.51. The monoisotopic (exact) mass is 322 g/mol. The van der Waals surface area contributed by atoms with Gasteiger partial charge in [0.05, 0.1) is 12.6 Å². The van der Waals surface area contributed by atoms with Crippen molar-refractivity contribution in [1.29, 1.82) is 0 Å². The molecule has 0 saturated carbocycles. The molecular weight excluding hydrogens is 316 g/mol. The van der Waals surface area contributed by atoms with Gasteiger partial charge in [0.15, 0.2) is 5.76 Å². The van der Waals surface area contributed by atoms with Gasteiger partial charge in [0.1, 0.15) is 11.0 Å². The minimum absolute atomic E-state index is 0.152. The number of aromatic nitrogens is 4. The second-order valence-electron chi connectivity index (χ2n) is 3.66. The van der Waals surface area contributed by atoms with Gasteiger partial charge in [0.2, 0.25) is 11.7 Å². The van der Waals surface area contributed by atoms with Gasteiger partial charge in [-0.25, -0.2) is 4.98 Å². The lowest BCUT2D eigenvalue weighted by molar-refractivity contribution is 0.368. The van der Waals surface area contributed by atoms with Gasteiger partial charge < -0.3 is 8.94 Å². The van der Waals surface area contributed by atoms with Gasteiger partial charge in [-0.3, -0.25) is 9.36 Å². The predicted octanol–water partition coefficient (Wildman–Crippen LogP) is 1.70. The maximum absolute atomic E-state index is 11.8. The van der Waals surface area contributed by atoms with E-state index in [0.29, 0.717) is 21.9 Å². The van der Waals surface area contributed by atoms with E-state index in [4.69, 9.17) is 8.94 Å². The highest BCUT2D eigenvalue weighted by atomic mass is 79.9. The Labute approximate surface area is 115 Å². The molecule has 0 bridgehead atoms. The standard InChI is InChI=1S/C11H7BrN4O3/c12-7-4-13-6-16(11(7)17)5-9-14-10(15-19-9)8-2-1-3-18-8/h1-4,6H,5H2. The van der Waals surface area contributed by atoms with Crippen LogP contribution in [0.4, 0.5) is 0 Å². The summed E-state index contributed by atoms with van der Waals surface area (Å²) in [5.74, 6) is 1.15. The van der Waals surface area contributed by atoms with Crippen LogP contribution >= 0.6 is 15.9 Å². The van der Waals surface area contributed by atoms with Gasteiger partial charge in [-0.1, -0.05) is 5.16 Å². The Kier molecular flexibility index (Phi) is 3.00. The number of furan rings is 1. The van der Waals surface area contributed by atoms with E-state index in [1.807, 2.05) is 0 Å². The summed E-state index contributed by atoms with van der Waals surface area (Å²) in [7, 11) is 0. The summed E-state index contributed by atoms with van der Waals surface area (Å²) in [6.45, 7) is 0.152. The average Bonchev–Trinajstić information content (AvgIpc) is 3.05. The summed E-state index contributed by atoms with van der Waals surface area (Å²) in [6.07, 6.45) is 4.36. The van der Waals surface area contributed by atoms with Crippen LogP contribution in [0.1, 0.15) is 5.89 Å². The number of hydrogen-bond donors (Lipinski definition) is 0. The van der Waals surface area contributed by atoms with E-state index >= 15 is 0 Å². The molecule has 0 radical (unpaired) electrons. The zero-order chi connectivity index (χ0) is 13.2. The van der Waals surface area contributed by atoms with Crippen molar-refractivity contribution in [2.45, 2.75) is 6.54 Å². The number of hydrogen-bond acceptors (Lipinski definition) is 6. The van der Waals surface area contributed by atoms with Gasteiger partial charge in [-0.05, 0) is 28.1 Å². The van der Waals surface area contributed by atoms with Crippen molar-refractivity contribution in [3.05, 3.63) is 51.6 Å². The Balaban J connectivity index is 1.88. The Morgan fingerprint density at radius 2 is 2.32 bits per heavy atom. The van der Waals surface area contributed by atoms with Gasteiger partial charge in [-0.2, -0.15) is 4.98 Å². The van der Waals surface area contributed by atoms with E-state index in [2.05, 4.69) is 31.1 Å². The molecule has 0 spiro atoms. The lowest BCUT2D eigenvalue weighted by atomic mass is 10.4.